The third-order valence-electron chi connectivity index (χ3n) is 5.25. The first kappa shape index (κ1) is 16.4. The van der Waals surface area contributed by atoms with E-state index in [1.165, 1.54) is 37.8 Å². The highest BCUT2D eigenvalue weighted by atomic mass is 19.1. The standard InChI is InChI=1S/C18H29FN2/c1-14-5-4-6-17(11-14)21(3)18(2,13-20)12-15-7-9-16(19)10-8-15/h7-10,14,17H,4-6,11-13,20H2,1-3H3. The maximum atomic E-state index is 13.1. The van der Waals surface area contributed by atoms with E-state index < -0.39 is 0 Å². The fraction of sp³-hybridized carbons (Fsp3) is 0.667. The van der Waals surface area contributed by atoms with Crippen LogP contribution in [-0.2, 0) is 6.42 Å². The zero-order chi connectivity index (χ0) is 15.5. The topological polar surface area (TPSA) is 29.3 Å². The first-order valence-corrected chi connectivity index (χ1v) is 8.12. The van der Waals surface area contributed by atoms with Gasteiger partial charge in [0.25, 0.3) is 0 Å². The Morgan fingerprint density at radius 2 is 1.95 bits per heavy atom. The van der Waals surface area contributed by atoms with Gasteiger partial charge in [-0.05, 0) is 56.8 Å². The fourth-order valence-corrected chi connectivity index (χ4v) is 3.58. The van der Waals surface area contributed by atoms with Crippen LogP contribution in [0.1, 0.15) is 45.1 Å². The highest BCUT2D eigenvalue weighted by Crippen LogP contribution is 2.31. The second-order valence-corrected chi connectivity index (χ2v) is 7.04. The maximum absolute atomic E-state index is 13.1. The third-order valence-corrected chi connectivity index (χ3v) is 5.25. The van der Waals surface area contributed by atoms with E-state index in [1.54, 1.807) is 0 Å². The average molecular weight is 292 g/mol. The number of likely N-dealkylation sites (N-methyl/N-ethyl adjacent to an activating group) is 1. The zero-order valence-corrected chi connectivity index (χ0v) is 13.6. The van der Waals surface area contributed by atoms with Crippen molar-refractivity contribution in [2.75, 3.05) is 13.6 Å². The molecule has 0 amide bonds. The van der Waals surface area contributed by atoms with Crippen LogP contribution in [0.3, 0.4) is 0 Å². The summed E-state index contributed by atoms with van der Waals surface area (Å²) in [6, 6.07) is 7.44. The minimum Gasteiger partial charge on any atom is -0.329 e. The van der Waals surface area contributed by atoms with Crippen LogP contribution in [0.5, 0.6) is 0 Å². The Morgan fingerprint density at radius 1 is 1.29 bits per heavy atom. The molecule has 1 aromatic rings. The molecule has 0 radical (unpaired) electrons. The molecule has 1 aliphatic rings. The van der Waals surface area contributed by atoms with Crippen LogP contribution in [0.15, 0.2) is 24.3 Å². The van der Waals surface area contributed by atoms with Gasteiger partial charge in [0.05, 0.1) is 0 Å². The molecule has 0 bridgehead atoms. The molecule has 2 rings (SSSR count). The van der Waals surface area contributed by atoms with Gasteiger partial charge in [-0.2, -0.15) is 0 Å². The van der Waals surface area contributed by atoms with Gasteiger partial charge in [0.1, 0.15) is 5.82 Å². The smallest absolute Gasteiger partial charge is 0.123 e. The largest absolute Gasteiger partial charge is 0.329 e. The van der Waals surface area contributed by atoms with Gasteiger partial charge < -0.3 is 5.73 Å². The summed E-state index contributed by atoms with van der Waals surface area (Å²) in [6.45, 7) is 5.20. The molecule has 0 heterocycles. The SMILES string of the molecule is CC1CCCC(N(C)C(C)(CN)Cc2ccc(F)cc2)C1. The van der Waals surface area contributed by atoms with Crippen molar-refractivity contribution >= 4 is 0 Å². The Morgan fingerprint density at radius 3 is 2.52 bits per heavy atom. The summed E-state index contributed by atoms with van der Waals surface area (Å²) in [5, 5.41) is 0. The summed E-state index contributed by atoms with van der Waals surface area (Å²) in [7, 11) is 2.21. The third kappa shape index (κ3) is 4.04. The number of hydrogen-bond donors (Lipinski definition) is 1. The van der Waals surface area contributed by atoms with Crippen molar-refractivity contribution < 1.29 is 4.39 Å². The molecule has 3 atom stereocenters. The quantitative estimate of drug-likeness (QED) is 0.898. The van der Waals surface area contributed by atoms with E-state index in [0.29, 0.717) is 12.6 Å². The number of nitrogens with two attached hydrogens (primary N) is 1. The van der Waals surface area contributed by atoms with Crippen molar-refractivity contribution in [2.45, 2.75) is 57.5 Å². The van der Waals surface area contributed by atoms with Crippen molar-refractivity contribution in [3.05, 3.63) is 35.6 Å². The molecule has 3 unspecified atom stereocenters. The van der Waals surface area contributed by atoms with Crippen LogP contribution in [-0.4, -0.2) is 30.1 Å². The van der Waals surface area contributed by atoms with Gasteiger partial charge in [-0.1, -0.05) is 31.9 Å². The van der Waals surface area contributed by atoms with E-state index in [9.17, 15) is 4.39 Å². The summed E-state index contributed by atoms with van der Waals surface area (Å²) >= 11 is 0. The van der Waals surface area contributed by atoms with Crippen LogP contribution in [0.4, 0.5) is 4.39 Å². The molecule has 118 valence electrons. The Bertz CT molecular complexity index is 445. The first-order chi connectivity index (χ1) is 9.94. The van der Waals surface area contributed by atoms with Gasteiger partial charge >= 0.3 is 0 Å². The molecular formula is C18H29FN2. The van der Waals surface area contributed by atoms with Crippen molar-refractivity contribution in [3.8, 4) is 0 Å². The van der Waals surface area contributed by atoms with E-state index in [-0.39, 0.29) is 11.4 Å². The molecule has 1 saturated carbocycles. The molecule has 0 spiro atoms. The molecule has 3 heteroatoms. The van der Waals surface area contributed by atoms with Crippen LogP contribution >= 0.6 is 0 Å². The molecule has 21 heavy (non-hydrogen) atoms. The molecular weight excluding hydrogens is 263 g/mol. The van der Waals surface area contributed by atoms with Gasteiger partial charge in [-0.15, -0.1) is 0 Å². The van der Waals surface area contributed by atoms with Gasteiger partial charge in [-0.3, -0.25) is 4.90 Å². The molecule has 1 aromatic carbocycles. The number of nitrogens with zero attached hydrogens (tertiary/aromatic N) is 1. The lowest BCUT2D eigenvalue weighted by molar-refractivity contribution is 0.0589. The minimum atomic E-state index is -0.178. The molecule has 0 saturated heterocycles. The van der Waals surface area contributed by atoms with Crippen molar-refractivity contribution in [3.63, 3.8) is 0 Å². The van der Waals surface area contributed by atoms with Gasteiger partial charge in [0, 0.05) is 18.1 Å². The summed E-state index contributed by atoms with van der Waals surface area (Å²) < 4.78 is 13.1. The maximum Gasteiger partial charge on any atom is 0.123 e. The van der Waals surface area contributed by atoms with Crippen molar-refractivity contribution in [1.29, 1.82) is 0 Å². The molecule has 0 aliphatic heterocycles. The minimum absolute atomic E-state index is 0.0699. The van der Waals surface area contributed by atoms with Gasteiger partial charge in [0.15, 0.2) is 0 Å². The van der Waals surface area contributed by atoms with Crippen molar-refractivity contribution in [2.24, 2.45) is 11.7 Å². The molecule has 2 N–H and O–H groups in total. The number of halogens is 1. The summed E-state index contributed by atoms with van der Waals surface area (Å²) in [5.41, 5.74) is 7.19. The zero-order valence-electron chi connectivity index (χ0n) is 13.6. The normalized spacial score (nSPS) is 25.8. The highest BCUT2D eigenvalue weighted by molar-refractivity contribution is 5.19. The van der Waals surface area contributed by atoms with E-state index in [2.05, 4.69) is 25.8 Å². The van der Waals surface area contributed by atoms with E-state index >= 15 is 0 Å². The number of hydrogen-bond acceptors (Lipinski definition) is 2. The molecule has 2 nitrogen and oxygen atoms in total. The lowest BCUT2D eigenvalue weighted by atomic mass is 9.82. The monoisotopic (exact) mass is 292 g/mol. The summed E-state index contributed by atoms with van der Waals surface area (Å²) in [5.74, 6) is 0.627. The van der Waals surface area contributed by atoms with E-state index in [0.717, 1.165) is 17.9 Å². The Hall–Kier alpha value is -0.930. The molecule has 1 aliphatic carbocycles. The lowest BCUT2D eigenvalue weighted by Gasteiger charge is -2.45. The number of rotatable bonds is 5. The van der Waals surface area contributed by atoms with Crippen LogP contribution in [0.25, 0.3) is 0 Å². The van der Waals surface area contributed by atoms with Crippen molar-refractivity contribution in [1.82, 2.24) is 4.90 Å². The predicted octanol–water partition coefficient (Wildman–Crippen LogP) is 3.60. The second kappa shape index (κ2) is 6.89. The fourth-order valence-electron chi connectivity index (χ4n) is 3.58. The summed E-state index contributed by atoms with van der Waals surface area (Å²) in [6.07, 6.45) is 6.05. The Labute approximate surface area is 128 Å². The summed E-state index contributed by atoms with van der Waals surface area (Å²) in [4.78, 5) is 2.48. The lowest BCUT2D eigenvalue weighted by Crippen LogP contribution is -2.56. The second-order valence-electron chi connectivity index (χ2n) is 7.04. The Balaban J connectivity index is 2.09. The van der Waals surface area contributed by atoms with Crippen LogP contribution < -0.4 is 5.73 Å². The highest BCUT2D eigenvalue weighted by Gasteiger charge is 2.34. The average Bonchev–Trinajstić information content (AvgIpc) is 2.48. The first-order valence-electron chi connectivity index (χ1n) is 8.12. The Kier molecular flexibility index (Phi) is 5.39. The van der Waals surface area contributed by atoms with E-state index in [1.807, 2.05) is 12.1 Å². The van der Waals surface area contributed by atoms with Crippen LogP contribution in [0.2, 0.25) is 0 Å². The predicted molar refractivity (Wildman–Crippen MR) is 86.7 cm³/mol. The number of benzene rings is 1. The molecule has 0 aromatic heterocycles. The van der Waals surface area contributed by atoms with Gasteiger partial charge in [0.2, 0.25) is 0 Å². The van der Waals surface area contributed by atoms with Crippen LogP contribution in [0, 0.1) is 11.7 Å². The van der Waals surface area contributed by atoms with E-state index in [4.69, 9.17) is 5.73 Å². The molecule has 1 fully saturated rings. The van der Waals surface area contributed by atoms with Gasteiger partial charge in [-0.25, -0.2) is 4.39 Å².